The first-order valence-electron chi connectivity index (χ1n) is 5.66. The van der Waals surface area contributed by atoms with Crippen LogP contribution in [0.3, 0.4) is 0 Å². The predicted octanol–water partition coefficient (Wildman–Crippen LogP) is 1.73. The molecule has 1 amide bonds. The first-order valence-corrected chi connectivity index (χ1v) is 5.66. The summed E-state index contributed by atoms with van der Waals surface area (Å²) in [5, 5.41) is 0. The molecule has 0 aromatic carbocycles. The van der Waals surface area contributed by atoms with E-state index in [0.717, 1.165) is 5.69 Å². The average molecular weight is 242 g/mol. The summed E-state index contributed by atoms with van der Waals surface area (Å²) in [6, 6.07) is 8.60. The maximum atomic E-state index is 12.3. The molecular weight excluding hydrogens is 228 g/mol. The number of nitrogens with two attached hydrogens (primary N) is 1. The molecule has 0 fully saturated rings. The Kier molecular flexibility index (Phi) is 3.52. The molecule has 18 heavy (non-hydrogen) atoms. The Morgan fingerprint density at radius 2 is 2.00 bits per heavy atom. The number of pyridine rings is 2. The van der Waals surface area contributed by atoms with E-state index in [0.29, 0.717) is 18.1 Å². The zero-order chi connectivity index (χ0) is 13.0. The molecule has 5 nitrogen and oxygen atoms in total. The van der Waals surface area contributed by atoms with Gasteiger partial charge in [-0.25, -0.2) is 4.98 Å². The lowest BCUT2D eigenvalue weighted by atomic mass is 10.2. The van der Waals surface area contributed by atoms with Crippen molar-refractivity contribution in [3.05, 3.63) is 48.4 Å². The Morgan fingerprint density at radius 3 is 2.61 bits per heavy atom. The molecule has 0 saturated carbocycles. The van der Waals surface area contributed by atoms with Gasteiger partial charge in [-0.05, 0) is 31.2 Å². The lowest BCUT2D eigenvalue weighted by Crippen LogP contribution is -2.31. The van der Waals surface area contributed by atoms with Crippen molar-refractivity contribution in [2.45, 2.75) is 6.92 Å². The second-order valence-corrected chi connectivity index (χ2v) is 3.70. The van der Waals surface area contributed by atoms with Crippen molar-refractivity contribution in [1.29, 1.82) is 0 Å². The third kappa shape index (κ3) is 2.45. The van der Waals surface area contributed by atoms with Crippen molar-refractivity contribution in [1.82, 2.24) is 9.97 Å². The molecule has 0 aliphatic carbocycles. The summed E-state index contributed by atoms with van der Waals surface area (Å²) in [7, 11) is 0. The van der Waals surface area contributed by atoms with Crippen molar-refractivity contribution >= 4 is 17.4 Å². The first-order chi connectivity index (χ1) is 8.72. The van der Waals surface area contributed by atoms with Crippen LogP contribution in [0.2, 0.25) is 0 Å². The van der Waals surface area contributed by atoms with E-state index < -0.39 is 0 Å². The number of aromatic nitrogens is 2. The number of anilines is 2. The summed E-state index contributed by atoms with van der Waals surface area (Å²) < 4.78 is 0. The Hall–Kier alpha value is -2.43. The van der Waals surface area contributed by atoms with Gasteiger partial charge in [0.1, 0.15) is 11.5 Å². The lowest BCUT2D eigenvalue weighted by Gasteiger charge is -2.20. The van der Waals surface area contributed by atoms with Gasteiger partial charge in [0.05, 0.1) is 0 Å². The second kappa shape index (κ2) is 5.27. The van der Waals surface area contributed by atoms with Crippen LogP contribution in [0.25, 0.3) is 0 Å². The molecule has 92 valence electrons. The highest BCUT2D eigenvalue weighted by Crippen LogP contribution is 2.15. The van der Waals surface area contributed by atoms with Crippen molar-refractivity contribution in [2.24, 2.45) is 0 Å². The maximum Gasteiger partial charge on any atom is 0.276 e. The van der Waals surface area contributed by atoms with E-state index >= 15 is 0 Å². The molecule has 2 aromatic heterocycles. The van der Waals surface area contributed by atoms with Gasteiger partial charge in [-0.1, -0.05) is 6.07 Å². The van der Waals surface area contributed by atoms with Gasteiger partial charge in [0.2, 0.25) is 0 Å². The molecule has 0 aliphatic rings. The number of rotatable bonds is 3. The van der Waals surface area contributed by atoms with Crippen LogP contribution < -0.4 is 10.6 Å². The Balaban J connectivity index is 2.32. The molecule has 2 heterocycles. The second-order valence-electron chi connectivity index (χ2n) is 3.70. The highest BCUT2D eigenvalue weighted by molar-refractivity contribution is 6.04. The largest absolute Gasteiger partial charge is 0.384 e. The van der Waals surface area contributed by atoms with Crippen LogP contribution in [0.1, 0.15) is 17.4 Å². The summed E-state index contributed by atoms with van der Waals surface area (Å²) in [6.45, 7) is 2.46. The van der Waals surface area contributed by atoms with E-state index in [4.69, 9.17) is 5.73 Å². The molecular formula is C13H14N4O. The van der Waals surface area contributed by atoms with E-state index in [9.17, 15) is 4.79 Å². The number of nitrogen functional groups attached to an aromatic ring is 1. The number of carbonyl (C=O) groups is 1. The van der Waals surface area contributed by atoms with E-state index in [2.05, 4.69) is 9.97 Å². The predicted molar refractivity (Wildman–Crippen MR) is 70.2 cm³/mol. The van der Waals surface area contributed by atoms with Gasteiger partial charge >= 0.3 is 0 Å². The van der Waals surface area contributed by atoms with Gasteiger partial charge in [0.15, 0.2) is 0 Å². The molecule has 0 radical (unpaired) electrons. The SMILES string of the molecule is CCN(C(=O)c1cccc(N)n1)c1ccncc1. The Bertz CT molecular complexity index is 542. The van der Waals surface area contributed by atoms with Gasteiger partial charge in [-0.2, -0.15) is 0 Å². The summed E-state index contributed by atoms with van der Waals surface area (Å²) in [6.07, 6.45) is 3.30. The Labute approximate surface area is 105 Å². The molecule has 0 atom stereocenters. The van der Waals surface area contributed by atoms with Crippen molar-refractivity contribution < 1.29 is 4.79 Å². The number of nitrogens with zero attached hydrogens (tertiary/aromatic N) is 3. The van der Waals surface area contributed by atoms with Crippen LogP contribution in [0.5, 0.6) is 0 Å². The van der Waals surface area contributed by atoms with E-state index in [1.54, 1.807) is 47.6 Å². The monoisotopic (exact) mass is 242 g/mol. The van der Waals surface area contributed by atoms with Crippen LogP contribution in [-0.2, 0) is 0 Å². The van der Waals surface area contributed by atoms with Gasteiger partial charge in [-0.3, -0.25) is 9.78 Å². The van der Waals surface area contributed by atoms with Crippen LogP contribution in [0.15, 0.2) is 42.7 Å². The number of amides is 1. The van der Waals surface area contributed by atoms with Gasteiger partial charge in [0.25, 0.3) is 5.91 Å². The van der Waals surface area contributed by atoms with Crippen molar-refractivity contribution in [3.8, 4) is 0 Å². The molecule has 5 heteroatoms. The fourth-order valence-electron chi connectivity index (χ4n) is 1.68. The zero-order valence-corrected chi connectivity index (χ0v) is 10.1. The first kappa shape index (κ1) is 12.0. The minimum absolute atomic E-state index is 0.170. The van der Waals surface area contributed by atoms with Crippen molar-refractivity contribution in [2.75, 3.05) is 17.2 Å². The quantitative estimate of drug-likeness (QED) is 0.889. The molecule has 0 saturated heterocycles. The average Bonchev–Trinajstić information content (AvgIpc) is 2.41. The minimum atomic E-state index is -0.170. The van der Waals surface area contributed by atoms with Gasteiger partial charge in [0, 0.05) is 24.6 Å². The van der Waals surface area contributed by atoms with E-state index in [1.807, 2.05) is 6.92 Å². The molecule has 0 unspecified atom stereocenters. The summed E-state index contributed by atoms with van der Waals surface area (Å²) in [5.74, 6) is 0.169. The molecule has 0 bridgehead atoms. The summed E-state index contributed by atoms with van der Waals surface area (Å²) in [4.78, 5) is 21.9. The van der Waals surface area contributed by atoms with Crippen LogP contribution in [-0.4, -0.2) is 22.4 Å². The van der Waals surface area contributed by atoms with Crippen LogP contribution >= 0.6 is 0 Å². The van der Waals surface area contributed by atoms with Crippen LogP contribution in [0, 0.1) is 0 Å². The summed E-state index contributed by atoms with van der Waals surface area (Å²) in [5.41, 5.74) is 6.72. The molecule has 2 aromatic rings. The molecule has 0 aliphatic heterocycles. The molecule has 2 rings (SSSR count). The topological polar surface area (TPSA) is 72.1 Å². The fraction of sp³-hybridized carbons (Fsp3) is 0.154. The molecule has 0 spiro atoms. The normalized spacial score (nSPS) is 10.1. The number of hydrogen-bond donors (Lipinski definition) is 1. The maximum absolute atomic E-state index is 12.3. The lowest BCUT2D eigenvalue weighted by molar-refractivity contribution is 0.0983. The van der Waals surface area contributed by atoms with Gasteiger partial charge in [-0.15, -0.1) is 0 Å². The van der Waals surface area contributed by atoms with E-state index in [1.165, 1.54) is 0 Å². The number of carbonyl (C=O) groups excluding carboxylic acids is 1. The summed E-state index contributed by atoms with van der Waals surface area (Å²) >= 11 is 0. The van der Waals surface area contributed by atoms with Crippen LogP contribution in [0.4, 0.5) is 11.5 Å². The van der Waals surface area contributed by atoms with Crippen molar-refractivity contribution in [3.63, 3.8) is 0 Å². The van der Waals surface area contributed by atoms with E-state index in [-0.39, 0.29) is 5.91 Å². The zero-order valence-electron chi connectivity index (χ0n) is 10.1. The third-order valence-electron chi connectivity index (χ3n) is 2.53. The standard InChI is InChI=1S/C13H14N4O/c1-2-17(10-6-8-15-9-7-10)13(18)11-4-3-5-12(14)16-11/h3-9H,2H2,1H3,(H2,14,16). The smallest absolute Gasteiger partial charge is 0.276 e. The number of hydrogen-bond acceptors (Lipinski definition) is 4. The molecule has 2 N–H and O–H groups in total. The highest BCUT2D eigenvalue weighted by Gasteiger charge is 2.17. The van der Waals surface area contributed by atoms with Gasteiger partial charge < -0.3 is 10.6 Å². The Morgan fingerprint density at radius 1 is 1.28 bits per heavy atom. The third-order valence-corrected chi connectivity index (χ3v) is 2.53. The highest BCUT2D eigenvalue weighted by atomic mass is 16.2. The minimum Gasteiger partial charge on any atom is -0.384 e. The fourth-order valence-corrected chi connectivity index (χ4v) is 1.68.